The van der Waals surface area contributed by atoms with Crippen molar-refractivity contribution in [3.05, 3.63) is 53.6 Å². The Morgan fingerprint density at radius 2 is 1.86 bits per heavy atom. The number of carbonyl (C=O) groups excluding carboxylic acids is 1. The van der Waals surface area contributed by atoms with Gasteiger partial charge in [-0.2, -0.15) is 0 Å². The summed E-state index contributed by atoms with van der Waals surface area (Å²) < 4.78 is 0. The van der Waals surface area contributed by atoms with Gasteiger partial charge in [0.2, 0.25) is 0 Å². The number of hydrogen-bond donors (Lipinski definition) is 3. The summed E-state index contributed by atoms with van der Waals surface area (Å²) in [5.74, 6) is -1.06. The number of aromatic hydroxyl groups is 2. The molecule has 2 aromatic carbocycles. The minimum Gasteiger partial charge on any atom is -0.504 e. The molecule has 21 heavy (non-hydrogen) atoms. The number of benzene rings is 2. The minimum atomic E-state index is -0.401. The zero-order chi connectivity index (χ0) is 15.4. The molecule has 5 heteroatoms. The van der Waals surface area contributed by atoms with Crippen LogP contribution >= 0.6 is 0 Å². The van der Waals surface area contributed by atoms with Gasteiger partial charge >= 0.3 is 0 Å². The van der Waals surface area contributed by atoms with Gasteiger partial charge in [-0.15, -0.1) is 0 Å². The zero-order valence-electron chi connectivity index (χ0n) is 11.8. The number of amides is 1. The minimum absolute atomic E-state index is 0.0753. The molecule has 0 aromatic heterocycles. The molecule has 0 aliphatic carbocycles. The average molecular weight is 286 g/mol. The fourth-order valence-electron chi connectivity index (χ4n) is 2.09. The Balaban J connectivity index is 2.27. The van der Waals surface area contributed by atoms with E-state index in [0.717, 1.165) is 5.56 Å². The molecule has 0 radical (unpaired) electrons. The summed E-state index contributed by atoms with van der Waals surface area (Å²) >= 11 is 0. The van der Waals surface area contributed by atoms with E-state index in [1.54, 1.807) is 11.0 Å². The van der Waals surface area contributed by atoms with Gasteiger partial charge in [-0.1, -0.05) is 24.3 Å². The van der Waals surface area contributed by atoms with E-state index in [-0.39, 0.29) is 17.2 Å². The highest BCUT2D eigenvalue weighted by atomic mass is 16.3. The molecule has 0 saturated heterocycles. The Bertz CT molecular complexity index is 656. The molecule has 1 amide bonds. The molecule has 0 heterocycles. The third-order valence-electron chi connectivity index (χ3n) is 3.33. The molecule has 2 rings (SSSR count). The molecule has 0 bridgehead atoms. The second-order valence-electron chi connectivity index (χ2n) is 4.69. The second-order valence-corrected chi connectivity index (χ2v) is 4.69. The van der Waals surface area contributed by atoms with Gasteiger partial charge in [0.1, 0.15) is 0 Å². The van der Waals surface area contributed by atoms with Crippen LogP contribution in [0.4, 0.5) is 5.69 Å². The van der Waals surface area contributed by atoms with E-state index in [2.05, 4.69) is 0 Å². The first-order valence-electron chi connectivity index (χ1n) is 6.68. The molecular weight excluding hydrogens is 268 g/mol. The van der Waals surface area contributed by atoms with Gasteiger partial charge < -0.3 is 20.8 Å². The molecule has 0 fully saturated rings. The van der Waals surface area contributed by atoms with Gasteiger partial charge in [-0.25, -0.2) is 0 Å². The van der Waals surface area contributed by atoms with E-state index in [1.807, 2.05) is 25.1 Å². The number of hydrogen-bond acceptors (Lipinski definition) is 4. The fourth-order valence-corrected chi connectivity index (χ4v) is 2.09. The predicted octanol–water partition coefficient (Wildman–Crippen LogP) is 2.34. The number of phenols is 2. The summed E-state index contributed by atoms with van der Waals surface area (Å²) in [7, 11) is 0. The summed E-state index contributed by atoms with van der Waals surface area (Å²) in [5, 5.41) is 19.3. The van der Waals surface area contributed by atoms with Gasteiger partial charge in [0.25, 0.3) is 5.91 Å². The molecule has 110 valence electrons. The lowest BCUT2D eigenvalue weighted by molar-refractivity contribution is 0.0749. The lowest BCUT2D eigenvalue weighted by Crippen LogP contribution is -2.30. The number of rotatable bonds is 4. The highest BCUT2D eigenvalue weighted by Gasteiger charge is 2.20. The van der Waals surface area contributed by atoms with E-state index in [0.29, 0.717) is 18.8 Å². The number of phenolic OH excluding ortho intramolecular Hbond substituents is 2. The van der Waals surface area contributed by atoms with Crippen molar-refractivity contribution in [1.29, 1.82) is 0 Å². The number of carbonyl (C=O) groups is 1. The summed E-state index contributed by atoms with van der Waals surface area (Å²) in [6.45, 7) is 2.65. The monoisotopic (exact) mass is 286 g/mol. The first-order chi connectivity index (χ1) is 10.0. The van der Waals surface area contributed by atoms with E-state index in [4.69, 9.17) is 5.73 Å². The third-order valence-corrected chi connectivity index (χ3v) is 3.33. The topological polar surface area (TPSA) is 86.8 Å². The maximum absolute atomic E-state index is 12.5. The van der Waals surface area contributed by atoms with Crippen LogP contribution in [0.25, 0.3) is 0 Å². The Morgan fingerprint density at radius 1 is 1.14 bits per heavy atom. The van der Waals surface area contributed by atoms with Crippen LogP contribution in [0.2, 0.25) is 0 Å². The molecule has 0 saturated carbocycles. The number of nitrogen functional groups attached to an aromatic ring is 1. The van der Waals surface area contributed by atoms with Crippen molar-refractivity contribution < 1.29 is 15.0 Å². The molecule has 0 aliphatic heterocycles. The molecular formula is C16H18N2O3. The first-order valence-corrected chi connectivity index (χ1v) is 6.68. The Labute approximate surface area is 123 Å². The normalized spacial score (nSPS) is 10.3. The molecule has 5 nitrogen and oxygen atoms in total. The van der Waals surface area contributed by atoms with Crippen molar-refractivity contribution in [1.82, 2.24) is 4.90 Å². The molecule has 0 unspecified atom stereocenters. The van der Waals surface area contributed by atoms with Crippen LogP contribution in [0.1, 0.15) is 22.8 Å². The van der Waals surface area contributed by atoms with Gasteiger partial charge in [-0.3, -0.25) is 4.79 Å². The Morgan fingerprint density at radius 3 is 2.52 bits per heavy atom. The number of anilines is 1. The van der Waals surface area contributed by atoms with Crippen molar-refractivity contribution in [2.75, 3.05) is 12.3 Å². The Hall–Kier alpha value is -2.69. The van der Waals surface area contributed by atoms with Crippen molar-refractivity contribution in [3.8, 4) is 11.5 Å². The largest absolute Gasteiger partial charge is 0.504 e. The summed E-state index contributed by atoms with van der Waals surface area (Å²) in [4.78, 5) is 14.0. The van der Waals surface area contributed by atoms with Crippen LogP contribution in [0, 0.1) is 0 Å². The molecule has 4 N–H and O–H groups in total. The summed E-state index contributed by atoms with van der Waals surface area (Å²) in [5.41, 5.74) is 7.42. The molecule has 0 aliphatic rings. The number of nitrogens with two attached hydrogens (primary N) is 1. The van der Waals surface area contributed by atoms with Crippen molar-refractivity contribution in [2.45, 2.75) is 13.5 Å². The van der Waals surface area contributed by atoms with Crippen molar-refractivity contribution >= 4 is 11.6 Å². The smallest absolute Gasteiger partial charge is 0.258 e. The molecule has 0 spiro atoms. The van der Waals surface area contributed by atoms with Gasteiger partial charge in [-0.05, 0) is 30.7 Å². The van der Waals surface area contributed by atoms with Crippen LogP contribution in [0.5, 0.6) is 11.5 Å². The fraction of sp³-hybridized carbons (Fsp3) is 0.188. The van der Waals surface area contributed by atoms with Crippen molar-refractivity contribution in [2.24, 2.45) is 0 Å². The zero-order valence-corrected chi connectivity index (χ0v) is 11.8. The predicted molar refractivity (Wildman–Crippen MR) is 81.0 cm³/mol. The van der Waals surface area contributed by atoms with Crippen LogP contribution < -0.4 is 5.73 Å². The Kier molecular flexibility index (Phi) is 4.33. The van der Waals surface area contributed by atoms with Gasteiger partial charge in [0, 0.05) is 18.8 Å². The van der Waals surface area contributed by atoms with E-state index in [9.17, 15) is 15.0 Å². The standard InChI is InChI=1S/C16H18N2O3/c1-2-18(10-11-6-3-4-8-13(11)17)16(21)12-7-5-9-14(19)15(12)20/h3-9,19-20H,2,10,17H2,1H3. The second kappa shape index (κ2) is 6.17. The van der Waals surface area contributed by atoms with E-state index < -0.39 is 5.75 Å². The maximum Gasteiger partial charge on any atom is 0.258 e. The highest BCUT2D eigenvalue weighted by molar-refractivity contribution is 5.97. The van der Waals surface area contributed by atoms with Crippen LogP contribution in [-0.4, -0.2) is 27.6 Å². The van der Waals surface area contributed by atoms with Crippen LogP contribution in [0.15, 0.2) is 42.5 Å². The highest BCUT2D eigenvalue weighted by Crippen LogP contribution is 2.29. The van der Waals surface area contributed by atoms with Gasteiger partial charge in [0.15, 0.2) is 11.5 Å². The lowest BCUT2D eigenvalue weighted by atomic mass is 10.1. The maximum atomic E-state index is 12.5. The summed E-state index contributed by atoms with van der Waals surface area (Å²) in [6, 6.07) is 11.7. The van der Waals surface area contributed by atoms with E-state index in [1.165, 1.54) is 18.2 Å². The SMILES string of the molecule is CCN(Cc1ccccc1N)C(=O)c1cccc(O)c1O. The molecule has 2 aromatic rings. The lowest BCUT2D eigenvalue weighted by Gasteiger charge is -2.22. The van der Waals surface area contributed by atoms with E-state index >= 15 is 0 Å². The summed E-state index contributed by atoms with van der Waals surface area (Å²) in [6.07, 6.45) is 0. The molecule has 0 atom stereocenters. The quantitative estimate of drug-likeness (QED) is 0.594. The first kappa shape index (κ1) is 14.7. The van der Waals surface area contributed by atoms with Crippen molar-refractivity contribution in [3.63, 3.8) is 0 Å². The number of para-hydroxylation sites is 2. The number of nitrogens with zero attached hydrogens (tertiary/aromatic N) is 1. The average Bonchev–Trinajstić information content (AvgIpc) is 2.48. The van der Waals surface area contributed by atoms with Crippen LogP contribution in [0.3, 0.4) is 0 Å². The van der Waals surface area contributed by atoms with Gasteiger partial charge in [0.05, 0.1) is 5.56 Å². The third kappa shape index (κ3) is 3.08. The van der Waals surface area contributed by atoms with Crippen LogP contribution in [-0.2, 0) is 6.54 Å².